The van der Waals surface area contributed by atoms with E-state index in [1.807, 2.05) is 0 Å². The van der Waals surface area contributed by atoms with Crippen LogP contribution in [0.4, 0.5) is 10.2 Å². The molecule has 0 atom stereocenters. The highest BCUT2D eigenvalue weighted by Crippen LogP contribution is 2.23. The van der Waals surface area contributed by atoms with E-state index in [2.05, 4.69) is 10.2 Å². The number of nitrogens with one attached hydrogen (secondary N) is 1. The zero-order valence-corrected chi connectivity index (χ0v) is 7.16. The number of phenolic OH excluding ortho intramolecular Hbond substituents is 1. The average Bonchev–Trinajstić information content (AvgIpc) is 2.57. The van der Waals surface area contributed by atoms with Crippen molar-refractivity contribution in [2.24, 2.45) is 0 Å². The Hall–Kier alpha value is -2.04. The molecular formula is C9H8FN3O. The Morgan fingerprint density at radius 1 is 1.36 bits per heavy atom. The first-order valence-corrected chi connectivity index (χ1v) is 3.96. The molecule has 4 nitrogen and oxygen atoms in total. The first-order valence-electron chi connectivity index (χ1n) is 3.96. The molecule has 0 aliphatic heterocycles. The number of hydrogen-bond acceptors (Lipinski definition) is 3. The van der Waals surface area contributed by atoms with Crippen molar-refractivity contribution in [3.63, 3.8) is 0 Å². The van der Waals surface area contributed by atoms with Crippen molar-refractivity contribution in [2.75, 3.05) is 5.73 Å². The Kier molecular flexibility index (Phi) is 1.85. The van der Waals surface area contributed by atoms with E-state index in [0.717, 1.165) is 0 Å². The lowest BCUT2D eigenvalue weighted by Gasteiger charge is -1.98. The molecule has 72 valence electrons. The number of nitrogen functional groups attached to an aromatic ring is 1. The Balaban J connectivity index is 2.47. The van der Waals surface area contributed by atoms with E-state index in [0.29, 0.717) is 17.1 Å². The summed E-state index contributed by atoms with van der Waals surface area (Å²) in [6.07, 6.45) is 0. The van der Waals surface area contributed by atoms with Gasteiger partial charge in [0.25, 0.3) is 0 Å². The van der Waals surface area contributed by atoms with Crippen molar-refractivity contribution in [2.45, 2.75) is 0 Å². The fourth-order valence-corrected chi connectivity index (χ4v) is 1.16. The second-order valence-corrected chi connectivity index (χ2v) is 2.87. The molecule has 2 rings (SSSR count). The summed E-state index contributed by atoms with van der Waals surface area (Å²) in [6.45, 7) is 0. The van der Waals surface area contributed by atoms with Gasteiger partial charge in [-0.3, -0.25) is 5.10 Å². The number of rotatable bonds is 1. The van der Waals surface area contributed by atoms with Crippen LogP contribution in [0.25, 0.3) is 11.3 Å². The fourth-order valence-electron chi connectivity index (χ4n) is 1.16. The lowest BCUT2D eigenvalue weighted by Crippen LogP contribution is -1.81. The van der Waals surface area contributed by atoms with Gasteiger partial charge < -0.3 is 10.8 Å². The predicted octanol–water partition coefficient (Wildman–Crippen LogP) is 1.50. The maximum absolute atomic E-state index is 13.0. The number of nitrogens with zero attached hydrogens (tertiary/aromatic N) is 1. The monoisotopic (exact) mass is 193 g/mol. The molecule has 5 heteroatoms. The average molecular weight is 193 g/mol. The van der Waals surface area contributed by atoms with Crippen molar-refractivity contribution >= 4 is 5.82 Å². The van der Waals surface area contributed by atoms with E-state index in [-0.39, 0.29) is 5.75 Å². The lowest BCUT2D eigenvalue weighted by atomic mass is 10.1. The van der Waals surface area contributed by atoms with Gasteiger partial charge in [0.2, 0.25) is 0 Å². The van der Waals surface area contributed by atoms with Crippen molar-refractivity contribution < 1.29 is 9.50 Å². The summed E-state index contributed by atoms with van der Waals surface area (Å²) in [6, 6.07) is 5.65. The van der Waals surface area contributed by atoms with Crippen LogP contribution in [-0.2, 0) is 0 Å². The summed E-state index contributed by atoms with van der Waals surface area (Å²) < 4.78 is 13.0. The van der Waals surface area contributed by atoms with Gasteiger partial charge in [-0.1, -0.05) is 0 Å². The SMILES string of the molecule is Nc1cc(-c2ccc(O)c(F)c2)[nH]n1. The number of anilines is 1. The molecule has 0 saturated carbocycles. The topological polar surface area (TPSA) is 74.9 Å². The van der Waals surface area contributed by atoms with Crippen LogP contribution < -0.4 is 5.73 Å². The number of phenols is 1. The Morgan fingerprint density at radius 2 is 2.14 bits per heavy atom. The van der Waals surface area contributed by atoms with E-state index in [1.165, 1.54) is 12.1 Å². The van der Waals surface area contributed by atoms with Gasteiger partial charge in [-0.2, -0.15) is 5.10 Å². The van der Waals surface area contributed by atoms with Gasteiger partial charge in [0.15, 0.2) is 11.6 Å². The number of H-pyrrole nitrogens is 1. The van der Waals surface area contributed by atoms with E-state index in [9.17, 15) is 4.39 Å². The summed E-state index contributed by atoms with van der Waals surface area (Å²) in [5.74, 6) is -0.703. The number of nitrogens with two attached hydrogens (primary N) is 1. The van der Waals surface area contributed by atoms with E-state index >= 15 is 0 Å². The summed E-state index contributed by atoms with van der Waals surface area (Å²) >= 11 is 0. The zero-order chi connectivity index (χ0) is 10.1. The minimum atomic E-state index is -0.671. The first-order chi connectivity index (χ1) is 6.66. The maximum Gasteiger partial charge on any atom is 0.165 e. The smallest absolute Gasteiger partial charge is 0.165 e. The van der Waals surface area contributed by atoms with Crippen LogP contribution in [0.5, 0.6) is 5.75 Å². The highest BCUT2D eigenvalue weighted by Gasteiger charge is 2.05. The van der Waals surface area contributed by atoms with Gasteiger partial charge in [0, 0.05) is 11.6 Å². The van der Waals surface area contributed by atoms with Crippen LogP contribution in [0.15, 0.2) is 24.3 Å². The maximum atomic E-state index is 13.0. The third-order valence-corrected chi connectivity index (χ3v) is 1.86. The molecule has 0 radical (unpaired) electrons. The Bertz CT molecular complexity index is 467. The third-order valence-electron chi connectivity index (χ3n) is 1.86. The molecule has 0 spiro atoms. The molecule has 2 aromatic rings. The molecule has 0 fully saturated rings. The molecule has 0 aliphatic carbocycles. The number of hydrogen-bond donors (Lipinski definition) is 3. The molecule has 0 unspecified atom stereocenters. The Labute approximate surface area is 79.2 Å². The number of benzene rings is 1. The molecule has 14 heavy (non-hydrogen) atoms. The number of aromatic nitrogens is 2. The van der Waals surface area contributed by atoms with Gasteiger partial charge >= 0.3 is 0 Å². The van der Waals surface area contributed by atoms with Crippen LogP contribution >= 0.6 is 0 Å². The molecular weight excluding hydrogens is 185 g/mol. The van der Waals surface area contributed by atoms with E-state index in [4.69, 9.17) is 10.8 Å². The van der Waals surface area contributed by atoms with Crippen LogP contribution in [0.2, 0.25) is 0 Å². The predicted molar refractivity (Wildman–Crippen MR) is 50.1 cm³/mol. The first kappa shape index (κ1) is 8.55. The molecule has 1 aromatic heterocycles. The van der Waals surface area contributed by atoms with Crippen molar-refractivity contribution in [3.8, 4) is 17.0 Å². The quantitative estimate of drug-likeness (QED) is 0.642. The molecule has 1 aromatic carbocycles. The van der Waals surface area contributed by atoms with Crippen molar-refractivity contribution in [3.05, 3.63) is 30.1 Å². The van der Waals surface area contributed by atoms with Crippen LogP contribution in [0.3, 0.4) is 0 Å². The second kappa shape index (κ2) is 3.02. The lowest BCUT2D eigenvalue weighted by molar-refractivity contribution is 0.432. The van der Waals surface area contributed by atoms with Gasteiger partial charge in [-0.05, 0) is 18.2 Å². The van der Waals surface area contributed by atoms with Crippen molar-refractivity contribution in [1.82, 2.24) is 10.2 Å². The number of halogens is 1. The van der Waals surface area contributed by atoms with Gasteiger partial charge in [-0.25, -0.2) is 4.39 Å². The van der Waals surface area contributed by atoms with Gasteiger partial charge in [0.1, 0.15) is 5.82 Å². The summed E-state index contributed by atoms with van der Waals surface area (Å²) in [7, 11) is 0. The van der Waals surface area contributed by atoms with Crippen molar-refractivity contribution in [1.29, 1.82) is 0 Å². The largest absolute Gasteiger partial charge is 0.505 e. The zero-order valence-electron chi connectivity index (χ0n) is 7.16. The molecule has 1 heterocycles. The van der Waals surface area contributed by atoms with Crippen LogP contribution in [0, 0.1) is 5.82 Å². The standard InChI is InChI=1S/C9H8FN3O/c10-6-3-5(1-2-8(6)14)7-4-9(11)13-12-7/h1-4,14H,(H3,11,12,13). The molecule has 4 N–H and O–H groups in total. The van der Waals surface area contributed by atoms with Gasteiger partial charge in [-0.15, -0.1) is 0 Å². The van der Waals surface area contributed by atoms with Crippen LogP contribution in [0.1, 0.15) is 0 Å². The highest BCUT2D eigenvalue weighted by atomic mass is 19.1. The minimum absolute atomic E-state index is 0.341. The second-order valence-electron chi connectivity index (χ2n) is 2.87. The fraction of sp³-hybridized carbons (Fsp3) is 0. The normalized spacial score (nSPS) is 10.4. The Morgan fingerprint density at radius 3 is 2.71 bits per heavy atom. The number of aromatic amines is 1. The number of aromatic hydroxyl groups is 1. The third kappa shape index (κ3) is 1.39. The van der Waals surface area contributed by atoms with E-state index in [1.54, 1.807) is 12.1 Å². The van der Waals surface area contributed by atoms with Gasteiger partial charge in [0.05, 0.1) is 5.69 Å². The summed E-state index contributed by atoms with van der Waals surface area (Å²) in [5.41, 5.74) is 6.60. The molecule has 0 saturated heterocycles. The molecule has 0 amide bonds. The van der Waals surface area contributed by atoms with E-state index < -0.39 is 5.82 Å². The summed E-state index contributed by atoms with van der Waals surface area (Å²) in [5, 5.41) is 15.3. The molecule has 0 bridgehead atoms. The molecule has 0 aliphatic rings. The summed E-state index contributed by atoms with van der Waals surface area (Å²) in [4.78, 5) is 0. The highest BCUT2D eigenvalue weighted by molar-refractivity contribution is 5.62. The van der Waals surface area contributed by atoms with Crippen LogP contribution in [-0.4, -0.2) is 15.3 Å². The minimum Gasteiger partial charge on any atom is -0.505 e.